The number of nitrogens with zero attached hydrogens (tertiary/aromatic N) is 6. The summed E-state index contributed by atoms with van der Waals surface area (Å²) in [5.74, 6) is 2.25. The Bertz CT molecular complexity index is 1070. The molecule has 2 aliphatic carbocycles. The summed E-state index contributed by atoms with van der Waals surface area (Å²) in [4.78, 5) is 19.8. The number of non-ortho nitro benzene ring substituents is 1. The van der Waals surface area contributed by atoms with Gasteiger partial charge in [-0.05, 0) is 62.1 Å². The molecule has 9 heteroatoms. The Morgan fingerprint density at radius 2 is 1.90 bits per heavy atom. The van der Waals surface area contributed by atoms with Gasteiger partial charge in [-0.1, -0.05) is 6.92 Å². The smallest absolute Gasteiger partial charge is 0.269 e. The summed E-state index contributed by atoms with van der Waals surface area (Å²) < 4.78 is 2.31. The van der Waals surface area contributed by atoms with Gasteiger partial charge in [0.25, 0.3) is 5.69 Å². The Kier molecular flexibility index (Phi) is 4.54. The van der Waals surface area contributed by atoms with E-state index in [1.54, 1.807) is 12.1 Å². The first-order valence-corrected chi connectivity index (χ1v) is 10.7. The highest BCUT2D eigenvalue weighted by Crippen LogP contribution is 2.46. The summed E-state index contributed by atoms with van der Waals surface area (Å²) in [6, 6.07) is 8.86. The van der Waals surface area contributed by atoms with Crippen LogP contribution in [0.5, 0.6) is 0 Å². The normalized spacial score (nSPS) is 16.2. The SMILES string of the molecule is CCc1cc(Sc2nnc(C3CC3)n2C2CC2)nc(-c2ccc([N+](=O)[O-])cc2)n1. The van der Waals surface area contributed by atoms with E-state index in [1.807, 2.05) is 13.0 Å². The third kappa shape index (κ3) is 3.74. The first kappa shape index (κ1) is 18.2. The minimum absolute atomic E-state index is 0.0557. The molecule has 2 saturated carbocycles. The zero-order valence-electron chi connectivity index (χ0n) is 16.0. The van der Waals surface area contributed by atoms with Gasteiger partial charge >= 0.3 is 0 Å². The molecule has 0 atom stereocenters. The predicted octanol–water partition coefficient (Wildman–Crippen LogP) is 4.57. The van der Waals surface area contributed by atoms with Gasteiger partial charge in [-0.2, -0.15) is 0 Å². The fourth-order valence-corrected chi connectivity index (χ4v) is 4.25. The standard InChI is InChI=1S/C20H20N6O2S/c1-2-14-11-17(22-18(21-14)12-5-7-16(8-6-12)26(27)28)29-20-24-23-19(13-3-4-13)25(20)15-9-10-15/h5-8,11,13,15H,2-4,9-10H2,1H3. The second-order valence-electron chi connectivity index (χ2n) is 7.50. The molecule has 29 heavy (non-hydrogen) atoms. The number of benzene rings is 1. The molecule has 2 aromatic heterocycles. The van der Waals surface area contributed by atoms with Gasteiger partial charge in [0.1, 0.15) is 10.9 Å². The lowest BCUT2D eigenvalue weighted by atomic mass is 10.2. The fraction of sp³-hybridized carbons (Fsp3) is 0.400. The lowest BCUT2D eigenvalue weighted by Crippen LogP contribution is -2.02. The van der Waals surface area contributed by atoms with E-state index in [0.29, 0.717) is 17.8 Å². The van der Waals surface area contributed by atoms with Crippen LogP contribution in [0.4, 0.5) is 5.69 Å². The van der Waals surface area contributed by atoms with Gasteiger partial charge in [0.15, 0.2) is 11.0 Å². The molecular weight excluding hydrogens is 388 g/mol. The first-order chi connectivity index (χ1) is 14.1. The molecule has 0 N–H and O–H groups in total. The molecule has 148 valence electrons. The van der Waals surface area contributed by atoms with Crippen LogP contribution in [0.2, 0.25) is 0 Å². The Labute approximate surface area is 171 Å². The van der Waals surface area contributed by atoms with E-state index < -0.39 is 4.92 Å². The molecule has 0 spiro atoms. The molecule has 0 radical (unpaired) electrons. The Hall–Kier alpha value is -2.81. The largest absolute Gasteiger partial charge is 0.302 e. The number of hydrogen-bond donors (Lipinski definition) is 0. The molecular formula is C20H20N6O2S. The first-order valence-electron chi connectivity index (χ1n) is 9.88. The van der Waals surface area contributed by atoms with E-state index >= 15 is 0 Å². The summed E-state index contributed by atoms with van der Waals surface area (Å²) >= 11 is 1.52. The van der Waals surface area contributed by atoms with Gasteiger partial charge in [0, 0.05) is 35.3 Å². The maximum Gasteiger partial charge on any atom is 0.269 e. The van der Waals surface area contributed by atoms with Crippen LogP contribution < -0.4 is 0 Å². The van der Waals surface area contributed by atoms with Crippen molar-refractivity contribution in [1.29, 1.82) is 0 Å². The van der Waals surface area contributed by atoms with Crippen molar-refractivity contribution in [3.05, 3.63) is 52.0 Å². The molecule has 2 aliphatic rings. The van der Waals surface area contributed by atoms with Gasteiger partial charge in [-0.15, -0.1) is 10.2 Å². The average Bonchev–Trinajstić information content (AvgIpc) is 3.67. The third-order valence-corrected chi connectivity index (χ3v) is 6.07. The Morgan fingerprint density at radius 1 is 1.14 bits per heavy atom. The molecule has 0 saturated heterocycles. The van der Waals surface area contributed by atoms with Gasteiger partial charge in [-0.3, -0.25) is 10.1 Å². The number of nitro benzene ring substituents is 1. The van der Waals surface area contributed by atoms with Crippen LogP contribution in [0.3, 0.4) is 0 Å². The highest BCUT2D eigenvalue weighted by molar-refractivity contribution is 7.99. The van der Waals surface area contributed by atoms with Crippen LogP contribution >= 0.6 is 11.8 Å². The minimum Gasteiger partial charge on any atom is -0.302 e. The summed E-state index contributed by atoms with van der Waals surface area (Å²) in [7, 11) is 0. The number of hydrogen-bond acceptors (Lipinski definition) is 7. The van der Waals surface area contributed by atoms with Crippen LogP contribution in [0, 0.1) is 10.1 Å². The second-order valence-corrected chi connectivity index (χ2v) is 8.48. The van der Waals surface area contributed by atoms with Crippen molar-refractivity contribution in [1.82, 2.24) is 24.7 Å². The Morgan fingerprint density at radius 3 is 2.52 bits per heavy atom. The zero-order chi connectivity index (χ0) is 20.0. The molecule has 2 heterocycles. The summed E-state index contributed by atoms with van der Waals surface area (Å²) in [5, 5.41) is 21.6. The third-order valence-electron chi connectivity index (χ3n) is 5.20. The van der Waals surface area contributed by atoms with E-state index in [1.165, 1.54) is 49.6 Å². The molecule has 8 nitrogen and oxygen atoms in total. The molecule has 3 aromatic rings. The van der Waals surface area contributed by atoms with Gasteiger partial charge in [-0.25, -0.2) is 9.97 Å². The topological polar surface area (TPSA) is 99.6 Å². The fourth-order valence-electron chi connectivity index (χ4n) is 3.31. The van der Waals surface area contributed by atoms with Crippen molar-refractivity contribution >= 4 is 17.4 Å². The molecule has 1 aromatic carbocycles. The highest BCUT2D eigenvalue weighted by atomic mass is 32.2. The van der Waals surface area contributed by atoms with Crippen LogP contribution in [-0.2, 0) is 6.42 Å². The van der Waals surface area contributed by atoms with Gasteiger partial charge in [0.05, 0.1) is 4.92 Å². The molecule has 0 bridgehead atoms. The van der Waals surface area contributed by atoms with E-state index in [2.05, 4.69) is 19.7 Å². The molecule has 0 aliphatic heterocycles. The molecule has 5 rings (SSSR count). The van der Waals surface area contributed by atoms with Crippen LogP contribution in [0.15, 0.2) is 40.5 Å². The van der Waals surface area contributed by atoms with Crippen molar-refractivity contribution in [2.45, 2.75) is 61.2 Å². The number of aromatic nitrogens is 5. The average molecular weight is 408 g/mol. The highest BCUT2D eigenvalue weighted by Gasteiger charge is 2.36. The molecule has 0 amide bonds. The van der Waals surface area contributed by atoms with Crippen molar-refractivity contribution in [3.63, 3.8) is 0 Å². The monoisotopic (exact) mass is 408 g/mol. The summed E-state index contributed by atoms with van der Waals surface area (Å²) in [5.41, 5.74) is 1.74. The van der Waals surface area contributed by atoms with E-state index in [9.17, 15) is 10.1 Å². The van der Waals surface area contributed by atoms with Crippen LogP contribution in [0.25, 0.3) is 11.4 Å². The van der Waals surface area contributed by atoms with Crippen molar-refractivity contribution < 1.29 is 4.92 Å². The lowest BCUT2D eigenvalue weighted by molar-refractivity contribution is -0.384. The van der Waals surface area contributed by atoms with Crippen LogP contribution in [-0.4, -0.2) is 29.7 Å². The number of nitro groups is 1. The van der Waals surface area contributed by atoms with E-state index in [4.69, 9.17) is 4.98 Å². The maximum absolute atomic E-state index is 10.9. The van der Waals surface area contributed by atoms with Gasteiger partial charge < -0.3 is 4.57 Å². The minimum atomic E-state index is -0.406. The molecule has 2 fully saturated rings. The van der Waals surface area contributed by atoms with Crippen molar-refractivity contribution in [2.24, 2.45) is 0 Å². The Balaban J connectivity index is 1.48. The summed E-state index contributed by atoms with van der Waals surface area (Å²) in [6.45, 7) is 2.05. The second kappa shape index (κ2) is 7.22. The van der Waals surface area contributed by atoms with E-state index in [-0.39, 0.29) is 5.69 Å². The number of rotatable bonds is 7. The number of aryl methyl sites for hydroxylation is 1. The maximum atomic E-state index is 10.9. The predicted molar refractivity (Wildman–Crippen MR) is 108 cm³/mol. The lowest BCUT2D eigenvalue weighted by Gasteiger charge is -2.09. The van der Waals surface area contributed by atoms with Crippen molar-refractivity contribution in [2.75, 3.05) is 0 Å². The van der Waals surface area contributed by atoms with Crippen LogP contribution in [0.1, 0.15) is 56.1 Å². The molecule has 0 unspecified atom stereocenters. The quantitative estimate of drug-likeness (QED) is 0.321. The zero-order valence-corrected chi connectivity index (χ0v) is 16.8. The summed E-state index contributed by atoms with van der Waals surface area (Å²) in [6.07, 6.45) is 5.55. The van der Waals surface area contributed by atoms with Crippen molar-refractivity contribution in [3.8, 4) is 11.4 Å². The van der Waals surface area contributed by atoms with Gasteiger partial charge in [0.2, 0.25) is 0 Å². The van der Waals surface area contributed by atoms with E-state index in [0.717, 1.165) is 33.7 Å².